The van der Waals surface area contributed by atoms with Gasteiger partial charge in [-0.25, -0.2) is 0 Å². The van der Waals surface area contributed by atoms with Gasteiger partial charge in [-0.1, -0.05) is 6.07 Å². The molecule has 0 radical (unpaired) electrons. The molecule has 0 heterocycles. The number of nitrogen functional groups attached to an aromatic ring is 1. The maximum atomic E-state index is 12.6. The van der Waals surface area contributed by atoms with Crippen LogP contribution in [0.2, 0.25) is 0 Å². The Bertz CT molecular complexity index is 684. The van der Waals surface area contributed by atoms with Gasteiger partial charge in [0.1, 0.15) is 11.5 Å². The summed E-state index contributed by atoms with van der Waals surface area (Å²) in [6, 6.07) is 8.40. The van der Waals surface area contributed by atoms with Crippen LogP contribution in [0.3, 0.4) is 0 Å². The third-order valence-corrected chi connectivity index (χ3v) is 2.66. The Morgan fingerprint density at radius 1 is 1.10 bits per heavy atom. The molecule has 2 rings (SSSR count). The van der Waals surface area contributed by atoms with Crippen LogP contribution in [0.25, 0.3) is 0 Å². The molecule has 4 nitrogen and oxygen atoms in total. The molecule has 21 heavy (non-hydrogen) atoms. The van der Waals surface area contributed by atoms with Crippen molar-refractivity contribution in [1.29, 1.82) is 0 Å². The molecule has 2 aromatic carbocycles. The highest BCUT2D eigenvalue weighted by Crippen LogP contribution is 2.33. The number of rotatable bonds is 3. The van der Waals surface area contributed by atoms with Crippen molar-refractivity contribution in [1.82, 2.24) is 0 Å². The van der Waals surface area contributed by atoms with Gasteiger partial charge in [-0.15, -0.1) is 0 Å². The highest BCUT2D eigenvalue weighted by atomic mass is 19.4. The maximum Gasteiger partial charge on any atom is 0.416 e. The normalized spacial score (nSPS) is 11.2. The first-order chi connectivity index (χ1) is 9.77. The summed E-state index contributed by atoms with van der Waals surface area (Å²) in [5.41, 5.74) is 10.2. The van der Waals surface area contributed by atoms with E-state index in [0.29, 0.717) is 5.69 Å². The summed E-state index contributed by atoms with van der Waals surface area (Å²) in [6.07, 6.45) is -4.48. The molecule has 110 valence electrons. The fraction of sp³-hybridized carbons (Fsp3) is 0.0714. The van der Waals surface area contributed by atoms with Gasteiger partial charge in [0.05, 0.1) is 11.1 Å². The number of benzene rings is 2. The van der Waals surface area contributed by atoms with Gasteiger partial charge in [0.15, 0.2) is 0 Å². The van der Waals surface area contributed by atoms with E-state index in [1.165, 1.54) is 30.3 Å². The Morgan fingerprint density at radius 2 is 1.81 bits per heavy atom. The molecule has 0 aromatic heterocycles. The second-order valence-electron chi connectivity index (χ2n) is 4.25. The van der Waals surface area contributed by atoms with Crippen molar-refractivity contribution in [3.8, 4) is 11.5 Å². The summed E-state index contributed by atoms with van der Waals surface area (Å²) in [5, 5.41) is 0. The lowest BCUT2D eigenvalue weighted by atomic mass is 10.1. The number of nitrogens with two attached hydrogens (primary N) is 2. The third kappa shape index (κ3) is 3.44. The Morgan fingerprint density at radius 3 is 2.43 bits per heavy atom. The average Bonchev–Trinajstić information content (AvgIpc) is 2.37. The Kier molecular flexibility index (Phi) is 3.75. The smallest absolute Gasteiger partial charge is 0.416 e. The second kappa shape index (κ2) is 5.35. The zero-order valence-electron chi connectivity index (χ0n) is 10.6. The quantitative estimate of drug-likeness (QED) is 0.854. The largest absolute Gasteiger partial charge is 0.456 e. The molecule has 1 amide bonds. The molecule has 0 aliphatic heterocycles. The molecular weight excluding hydrogens is 285 g/mol. The Labute approximate surface area is 118 Å². The van der Waals surface area contributed by atoms with E-state index in [4.69, 9.17) is 16.2 Å². The van der Waals surface area contributed by atoms with Crippen LogP contribution in [0.15, 0.2) is 42.5 Å². The van der Waals surface area contributed by atoms with Crippen LogP contribution in [-0.4, -0.2) is 5.91 Å². The Balaban J connectivity index is 2.39. The molecule has 0 bridgehead atoms. The minimum absolute atomic E-state index is 0.00169. The number of amides is 1. The number of hydrogen-bond acceptors (Lipinski definition) is 3. The van der Waals surface area contributed by atoms with Gasteiger partial charge in [0.25, 0.3) is 5.91 Å². The first-order valence-corrected chi connectivity index (χ1v) is 5.82. The molecule has 0 fully saturated rings. The van der Waals surface area contributed by atoms with Crippen LogP contribution in [0.1, 0.15) is 15.9 Å². The second-order valence-corrected chi connectivity index (χ2v) is 4.25. The molecule has 0 unspecified atom stereocenters. The third-order valence-electron chi connectivity index (χ3n) is 2.66. The molecular formula is C14H11F3N2O2. The zero-order valence-corrected chi connectivity index (χ0v) is 10.6. The van der Waals surface area contributed by atoms with Crippen molar-refractivity contribution in [3.05, 3.63) is 53.6 Å². The minimum atomic E-state index is -4.48. The molecule has 0 aliphatic carbocycles. The van der Waals surface area contributed by atoms with Gasteiger partial charge in [0, 0.05) is 11.8 Å². The summed E-state index contributed by atoms with van der Waals surface area (Å²) in [4.78, 5) is 11.3. The topological polar surface area (TPSA) is 78.3 Å². The number of alkyl halides is 3. The Hall–Kier alpha value is -2.70. The lowest BCUT2D eigenvalue weighted by molar-refractivity contribution is -0.137. The number of ether oxygens (including phenoxy) is 1. The molecule has 4 N–H and O–H groups in total. The van der Waals surface area contributed by atoms with E-state index in [1.807, 2.05) is 0 Å². The van der Waals surface area contributed by atoms with E-state index in [9.17, 15) is 18.0 Å². The van der Waals surface area contributed by atoms with Crippen LogP contribution in [0, 0.1) is 0 Å². The van der Waals surface area contributed by atoms with E-state index in [-0.39, 0.29) is 17.1 Å². The fourth-order valence-electron chi connectivity index (χ4n) is 1.69. The molecule has 7 heteroatoms. The number of hydrogen-bond donors (Lipinski definition) is 2. The molecule has 0 atom stereocenters. The van der Waals surface area contributed by atoms with Crippen molar-refractivity contribution >= 4 is 11.6 Å². The number of carbonyl (C=O) groups is 1. The van der Waals surface area contributed by atoms with E-state index < -0.39 is 17.6 Å². The van der Waals surface area contributed by atoms with Gasteiger partial charge in [-0.2, -0.15) is 13.2 Å². The van der Waals surface area contributed by atoms with Crippen LogP contribution >= 0.6 is 0 Å². The fourth-order valence-corrected chi connectivity index (χ4v) is 1.69. The van der Waals surface area contributed by atoms with E-state index >= 15 is 0 Å². The highest BCUT2D eigenvalue weighted by molar-refractivity contribution is 5.96. The van der Waals surface area contributed by atoms with E-state index in [1.54, 1.807) is 0 Å². The number of primary amides is 1. The van der Waals surface area contributed by atoms with Gasteiger partial charge in [0.2, 0.25) is 0 Å². The van der Waals surface area contributed by atoms with Crippen molar-refractivity contribution < 1.29 is 22.7 Å². The number of anilines is 1. The van der Waals surface area contributed by atoms with Crippen molar-refractivity contribution in [2.45, 2.75) is 6.18 Å². The maximum absolute atomic E-state index is 12.6. The number of halogens is 3. The van der Waals surface area contributed by atoms with Crippen LogP contribution in [0.4, 0.5) is 18.9 Å². The molecule has 0 saturated carbocycles. The van der Waals surface area contributed by atoms with Crippen molar-refractivity contribution in [2.75, 3.05) is 5.73 Å². The summed E-state index contributed by atoms with van der Waals surface area (Å²) in [6.45, 7) is 0. The predicted molar refractivity (Wildman–Crippen MR) is 70.9 cm³/mol. The van der Waals surface area contributed by atoms with Crippen LogP contribution in [0.5, 0.6) is 11.5 Å². The van der Waals surface area contributed by atoms with Gasteiger partial charge in [-0.3, -0.25) is 4.79 Å². The first kappa shape index (κ1) is 14.7. The van der Waals surface area contributed by atoms with Gasteiger partial charge < -0.3 is 16.2 Å². The number of carbonyl (C=O) groups excluding carboxylic acids is 1. The molecule has 0 saturated heterocycles. The summed E-state index contributed by atoms with van der Waals surface area (Å²) in [7, 11) is 0. The van der Waals surface area contributed by atoms with Crippen LogP contribution in [-0.2, 0) is 6.18 Å². The van der Waals surface area contributed by atoms with E-state index in [2.05, 4.69) is 0 Å². The zero-order chi connectivity index (χ0) is 15.6. The average molecular weight is 296 g/mol. The van der Waals surface area contributed by atoms with Crippen LogP contribution < -0.4 is 16.2 Å². The van der Waals surface area contributed by atoms with Crippen molar-refractivity contribution in [2.24, 2.45) is 5.73 Å². The SMILES string of the molecule is NC(=O)c1ccc(N)cc1Oc1cccc(C(F)(F)F)c1. The standard InChI is InChI=1S/C14H11F3N2O2/c15-14(16,17)8-2-1-3-10(6-8)21-12-7-9(18)4-5-11(12)13(19)20/h1-7H,18H2,(H2,19,20). The minimum Gasteiger partial charge on any atom is -0.456 e. The van der Waals surface area contributed by atoms with E-state index in [0.717, 1.165) is 12.1 Å². The lowest BCUT2D eigenvalue weighted by Gasteiger charge is -2.12. The molecule has 0 aliphatic rings. The lowest BCUT2D eigenvalue weighted by Crippen LogP contribution is -2.12. The monoisotopic (exact) mass is 296 g/mol. The summed E-state index contributed by atoms with van der Waals surface area (Å²) in [5.74, 6) is -0.836. The summed E-state index contributed by atoms with van der Waals surface area (Å²) >= 11 is 0. The van der Waals surface area contributed by atoms with Crippen molar-refractivity contribution in [3.63, 3.8) is 0 Å². The van der Waals surface area contributed by atoms with Gasteiger partial charge >= 0.3 is 6.18 Å². The predicted octanol–water partition coefficient (Wildman–Crippen LogP) is 3.18. The molecule has 0 spiro atoms. The first-order valence-electron chi connectivity index (χ1n) is 5.82. The molecule has 2 aromatic rings. The van der Waals surface area contributed by atoms with Gasteiger partial charge in [-0.05, 0) is 30.3 Å². The summed E-state index contributed by atoms with van der Waals surface area (Å²) < 4.78 is 43.2. The highest BCUT2D eigenvalue weighted by Gasteiger charge is 2.30.